The number of rotatable bonds is 12. The van der Waals surface area contributed by atoms with Gasteiger partial charge in [-0.25, -0.2) is 9.25 Å². The van der Waals surface area contributed by atoms with Crippen LogP contribution in [0.2, 0.25) is 0 Å². The minimum Gasteiger partial charge on any atom is -0.444 e. The number of nitrogens with one attached hydrogen (secondary N) is 1. The molecule has 0 bridgehead atoms. The van der Waals surface area contributed by atoms with E-state index in [4.69, 9.17) is 14.6 Å². The van der Waals surface area contributed by atoms with Crippen LogP contribution in [-0.2, 0) is 20.8 Å². The molecule has 1 aromatic rings. The average molecular weight is 666 g/mol. The van der Waals surface area contributed by atoms with Crippen LogP contribution in [0.5, 0.6) is 0 Å². The first kappa shape index (κ1) is 33.2. The average Bonchev–Trinajstić information content (AvgIpc) is 3.23. The Morgan fingerprint density at radius 1 is 1.26 bits per heavy atom. The predicted molar refractivity (Wildman–Crippen MR) is 163 cm³/mol. The fourth-order valence-electron chi connectivity index (χ4n) is 5.43. The SMILES string of the molecule is CCC1CC(c2nn(PI)cc2CN(C)CCN(C)C(=O)OC(C)(C)C)CC(C(=O)NCCOC)C1(C)C. The zero-order valence-electron chi connectivity index (χ0n) is 24.8. The number of carbonyl (C=O) groups excluding carboxylic acids is 2. The maximum Gasteiger partial charge on any atom is 0.410 e. The van der Waals surface area contributed by atoms with Gasteiger partial charge in [-0.2, -0.15) is 5.10 Å². The van der Waals surface area contributed by atoms with E-state index < -0.39 is 5.60 Å². The van der Waals surface area contributed by atoms with Gasteiger partial charge in [0.25, 0.3) is 0 Å². The highest BCUT2D eigenvalue weighted by molar-refractivity contribution is 14.2. The summed E-state index contributed by atoms with van der Waals surface area (Å²) in [6, 6.07) is 0. The lowest BCUT2D eigenvalue weighted by Crippen LogP contribution is -2.47. The molecule has 1 N–H and O–H groups in total. The molecule has 4 unspecified atom stereocenters. The first-order valence-corrected chi connectivity index (χ1v) is 17.6. The van der Waals surface area contributed by atoms with E-state index in [1.807, 2.05) is 25.2 Å². The van der Waals surface area contributed by atoms with E-state index in [1.165, 1.54) is 5.56 Å². The topological polar surface area (TPSA) is 88.9 Å². The Bertz CT molecular complexity index is 920. The molecule has 9 nitrogen and oxygen atoms in total. The highest BCUT2D eigenvalue weighted by Gasteiger charge is 2.47. The number of hydrogen-bond donors (Lipinski definition) is 1. The highest BCUT2D eigenvalue weighted by atomic mass is 127. The molecule has 0 saturated heterocycles. The van der Waals surface area contributed by atoms with Crippen LogP contribution >= 0.6 is 28.4 Å². The second kappa shape index (κ2) is 14.6. The summed E-state index contributed by atoms with van der Waals surface area (Å²) in [5.41, 5.74) is 1.73. The van der Waals surface area contributed by atoms with E-state index in [-0.39, 0.29) is 29.3 Å². The van der Waals surface area contributed by atoms with E-state index in [1.54, 1.807) is 19.1 Å². The smallest absolute Gasteiger partial charge is 0.410 e. The maximum atomic E-state index is 13.3. The minimum atomic E-state index is -0.510. The van der Waals surface area contributed by atoms with Crippen molar-refractivity contribution in [2.45, 2.75) is 78.9 Å². The van der Waals surface area contributed by atoms with Gasteiger partial charge in [-0.15, -0.1) is 0 Å². The molecule has 1 aliphatic rings. The quantitative estimate of drug-likeness (QED) is 0.186. The van der Waals surface area contributed by atoms with Crippen LogP contribution in [0.1, 0.15) is 78.0 Å². The molecule has 1 aliphatic carbocycles. The number of ether oxygens (including phenoxy) is 2. The normalized spacial score (nSPS) is 21.7. The van der Waals surface area contributed by atoms with Crippen molar-refractivity contribution < 1.29 is 19.1 Å². The van der Waals surface area contributed by atoms with Crippen molar-refractivity contribution in [2.75, 3.05) is 47.4 Å². The number of hydrogen-bond acceptors (Lipinski definition) is 6. The van der Waals surface area contributed by atoms with Crippen molar-refractivity contribution >= 4 is 40.4 Å². The first-order chi connectivity index (χ1) is 17.7. The van der Waals surface area contributed by atoms with Crippen LogP contribution in [0, 0.1) is 17.3 Å². The molecule has 0 spiro atoms. The summed E-state index contributed by atoms with van der Waals surface area (Å²) in [5.74, 6) is 0.699. The van der Waals surface area contributed by atoms with E-state index in [0.29, 0.717) is 38.5 Å². The van der Waals surface area contributed by atoms with Crippen LogP contribution < -0.4 is 5.32 Å². The Morgan fingerprint density at radius 3 is 2.53 bits per heavy atom. The summed E-state index contributed by atoms with van der Waals surface area (Å²) in [7, 11) is 5.49. The van der Waals surface area contributed by atoms with Gasteiger partial charge >= 0.3 is 6.09 Å². The van der Waals surface area contributed by atoms with Gasteiger partial charge in [-0.05, 0) is 74.0 Å². The minimum absolute atomic E-state index is 0.0803. The summed E-state index contributed by atoms with van der Waals surface area (Å²) < 4.78 is 12.6. The van der Waals surface area contributed by atoms with Gasteiger partial charge in [0.1, 0.15) is 5.60 Å². The Labute approximate surface area is 244 Å². The Balaban J connectivity index is 2.17. The van der Waals surface area contributed by atoms with E-state index in [9.17, 15) is 9.59 Å². The van der Waals surface area contributed by atoms with E-state index >= 15 is 0 Å². The van der Waals surface area contributed by atoms with Crippen LogP contribution in [-0.4, -0.2) is 84.4 Å². The largest absolute Gasteiger partial charge is 0.444 e. The molecule has 2 rings (SSSR count). The van der Waals surface area contributed by atoms with Gasteiger partial charge in [-0.3, -0.25) is 4.79 Å². The lowest BCUT2D eigenvalue weighted by molar-refractivity contribution is -0.133. The van der Waals surface area contributed by atoms with Crippen molar-refractivity contribution in [1.82, 2.24) is 24.7 Å². The Hall–Kier alpha value is -0.970. The van der Waals surface area contributed by atoms with Crippen molar-refractivity contribution in [1.29, 1.82) is 0 Å². The zero-order chi connectivity index (χ0) is 28.7. The zero-order valence-corrected chi connectivity index (χ0v) is 27.9. The predicted octanol–water partition coefficient (Wildman–Crippen LogP) is 5.28. The summed E-state index contributed by atoms with van der Waals surface area (Å²) in [6.45, 7) is 15.4. The second-order valence-electron chi connectivity index (χ2n) is 12.1. The number of aromatic nitrogens is 2. The van der Waals surface area contributed by atoms with Gasteiger partial charge in [0.05, 0.1) is 18.7 Å². The number of likely N-dealkylation sites (N-methyl/N-ethyl adjacent to an activating group) is 2. The number of nitrogens with zero attached hydrogens (tertiary/aromatic N) is 4. The number of amides is 2. The molecular weight excluding hydrogens is 616 g/mol. The molecule has 38 heavy (non-hydrogen) atoms. The van der Waals surface area contributed by atoms with Gasteiger partial charge in [0, 0.05) is 63.9 Å². The fraction of sp³-hybridized carbons (Fsp3) is 0.815. The van der Waals surface area contributed by atoms with E-state index in [0.717, 1.165) is 31.5 Å². The molecule has 1 heterocycles. The number of methoxy groups -OCH3 is 1. The fourth-order valence-corrected chi connectivity index (χ4v) is 6.52. The number of halogens is 1. The summed E-state index contributed by atoms with van der Waals surface area (Å²) in [5, 5.41) is 8.11. The summed E-state index contributed by atoms with van der Waals surface area (Å²) in [4.78, 5) is 29.5. The third kappa shape index (κ3) is 9.30. The molecule has 0 radical (unpaired) electrons. The monoisotopic (exact) mass is 665 g/mol. The molecule has 4 atom stereocenters. The molecule has 0 aromatic carbocycles. The molecule has 2 amide bonds. The van der Waals surface area contributed by atoms with Crippen molar-refractivity contribution in [3.63, 3.8) is 0 Å². The van der Waals surface area contributed by atoms with Gasteiger partial charge < -0.3 is 24.6 Å². The van der Waals surface area contributed by atoms with Gasteiger partial charge in [-0.1, -0.05) is 27.2 Å². The third-order valence-electron chi connectivity index (χ3n) is 7.71. The van der Waals surface area contributed by atoms with Gasteiger partial charge in [0.15, 0.2) is 0 Å². The Morgan fingerprint density at radius 2 is 1.95 bits per heavy atom. The van der Waals surface area contributed by atoms with Gasteiger partial charge in [0.2, 0.25) is 5.91 Å². The maximum absolute atomic E-state index is 13.3. The molecular formula is C27H49IN5O4P. The molecule has 1 fully saturated rings. The van der Waals surface area contributed by atoms with Crippen molar-refractivity contribution in [2.24, 2.45) is 17.3 Å². The third-order valence-corrected chi connectivity index (χ3v) is 9.60. The molecule has 1 aromatic heterocycles. The summed E-state index contributed by atoms with van der Waals surface area (Å²) >= 11 is 2.36. The second-order valence-corrected chi connectivity index (χ2v) is 14.2. The van der Waals surface area contributed by atoms with Crippen molar-refractivity contribution in [3.05, 3.63) is 17.5 Å². The number of carbonyl (C=O) groups is 2. The highest BCUT2D eigenvalue weighted by Crippen LogP contribution is 2.52. The Kier molecular flexibility index (Phi) is 12.8. The van der Waals surface area contributed by atoms with Crippen LogP contribution in [0.15, 0.2) is 6.20 Å². The lowest BCUT2D eigenvalue weighted by Gasteiger charge is -2.47. The summed E-state index contributed by atoms with van der Waals surface area (Å²) in [6.07, 6.45) is 5.22. The van der Waals surface area contributed by atoms with Crippen LogP contribution in [0.25, 0.3) is 0 Å². The standard InChI is InChI=1S/C27H49IN5O4P/c1-10-21-15-19(16-22(27(21,5)6)24(34)29-11-14-36-9)23-20(18-33(30-23)38-28)17-31(7)12-13-32(8)25(35)37-26(2,3)4/h18-19,21-22,38H,10-17H2,1-9H3,(H,29,34). The molecule has 11 heteroatoms. The van der Waals surface area contributed by atoms with Crippen LogP contribution in [0.3, 0.4) is 0 Å². The molecule has 0 aliphatic heterocycles. The van der Waals surface area contributed by atoms with Crippen LogP contribution in [0.4, 0.5) is 4.79 Å². The molecule has 218 valence electrons. The van der Waals surface area contributed by atoms with E-state index in [2.05, 4.69) is 66.3 Å². The van der Waals surface area contributed by atoms with Crippen molar-refractivity contribution in [3.8, 4) is 0 Å². The molecule has 1 saturated carbocycles. The first-order valence-electron chi connectivity index (χ1n) is 13.6. The lowest BCUT2D eigenvalue weighted by atomic mass is 9.57.